The fourth-order valence-corrected chi connectivity index (χ4v) is 1.72. The van der Waals surface area contributed by atoms with Gasteiger partial charge in [0.2, 0.25) is 0 Å². The molecule has 1 unspecified atom stereocenters. The van der Waals surface area contributed by atoms with E-state index in [1.54, 1.807) is 30.0 Å². The van der Waals surface area contributed by atoms with E-state index in [9.17, 15) is 9.90 Å². The van der Waals surface area contributed by atoms with Crippen molar-refractivity contribution in [1.29, 1.82) is 0 Å². The van der Waals surface area contributed by atoms with Crippen LogP contribution in [0.2, 0.25) is 0 Å². The molecule has 15 heavy (non-hydrogen) atoms. The minimum atomic E-state index is -0.456. The third-order valence-corrected chi connectivity index (χ3v) is 2.47. The number of phenols is 1. The van der Waals surface area contributed by atoms with Crippen molar-refractivity contribution in [3.05, 3.63) is 18.2 Å². The topological polar surface area (TPSA) is 49.8 Å². The second-order valence-corrected chi connectivity index (χ2v) is 3.49. The molecule has 1 aromatic rings. The van der Waals surface area contributed by atoms with E-state index in [4.69, 9.17) is 4.74 Å². The van der Waals surface area contributed by atoms with Crippen LogP contribution in [0, 0.1) is 0 Å². The highest BCUT2D eigenvalue weighted by Crippen LogP contribution is 2.36. The van der Waals surface area contributed by atoms with Gasteiger partial charge in [-0.2, -0.15) is 0 Å². The Morgan fingerprint density at radius 3 is 2.93 bits per heavy atom. The number of hydrogen-bond acceptors (Lipinski definition) is 3. The summed E-state index contributed by atoms with van der Waals surface area (Å²) in [5.41, 5.74) is 0.639. The molecule has 0 aromatic heterocycles. The molecule has 1 amide bonds. The van der Waals surface area contributed by atoms with E-state index in [0.717, 1.165) is 0 Å². The Kier molecular flexibility index (Phi) is 2.26. The molecule has 0 bridgehead atoms. The number of phenolic OH excluding ortho intramolecular Hbond substituents is 1. The molecule has 0 saturated carbocycles. The number of carbonyl (C=O) groups excluding carboxylic acids is 1. The zero-order chi connectivity index (χ0) is 11.0. The van der Waals surface area contributed by atoms with Crippen LogP contribution in [0.15, 0.2) is 18.2 Å². The Morgan fingerprint density at radius 1 is 1.53 bits per heavy atom. The Hall–Kier alpha value is -1.71. The van der Waals surface area contributed by atoms with Crippen molar-refractivity contribution in [3.8, 4) is 11.5 Å². The number of rotatable bonds is 1. The predicted molar refractivity (Wildman–Crippen MR) is 56.2 cm³/mol. The number of nitrogens with zero attached hydrogens (tertiary/aromatic N) is 1. The Morgan fingerprint density at radius 2 is 2.27 bits per heavy atom. The number of amides is 1. The fraction of sp³-hybridized carbons (Fsp3) is 0.364. The predicted octanol–water partition coefficient (Wildman–Crippen LogP) is 1.53. The highest BCUT2D eigenvalue weighted by Gasteiger charge is 2.30. The quantitative estimate of drug-likeness (QED) is 0.759. The lowest BCUT2D eigenvalue weighted by molar-refractivity contribution is -0.125. The number of anilines is 1. The van der Waals surface area contributed by atoms with Gasteiger partial charge in [-0.1, -0.05) is 0 Å². The maximum absolute atomic E-state index is 11.7. The normalized spacial score (nSPS) is 19.7. The molecular formula is C11H13NO3. The largest absolute Gasteiger partial charge is 0.508 e. The van der Waals surface area contributed by atoms with Crippen molar-refractivity contribution < 1.29 is 14.6 Å². The molecule has 80 valence electrons. The number of likely N-dealkylation sites (N-methyl/N-ethyl adjacent to an activating group) is 1. The lowest BCUT2D eigenvalue weighted by Gasteiger charge is -2.32. The van der Waals surface area contributed by atoms with Crippen LogP contribution in [-0.2, 0) is 4.79 Å². The highest BCUT2D eigenvalue weighted by molar-refractivity contribution is 5.99. The van der Waals surface area contributed by atoms with Crippen molar-refractivity contribution >= 4 is 11.6 Å². The number of ether oxygens (including phenoxy) is 1. The van der Waals surface area contributed by atoms with Crippen molar-refractivity contribution in [2.45, 2.75) is 20.0 Å². The van der Waals surface area contributed by atoms with Gasteiger partial charge in [0.1, 0.15) is 11.5 Å². The first-order chi connectivity index (χ1) is 7.13. The maximum Gasteiger partial charge on any atom is 0.267 e. The zero-order valence-electron chi connectivity index (χ0n) is 8.73. The van der Waals surface area contributed by atoms with E-state index in [2.05, 4.69) is 0 Å². The Bertz CT molecular complexity index is 403. The van der Waals surface area contributed by atoms with Gasteiger partial charge in [0.15, 0.2) is 6.10 Å². The van der Waals surface area contributed by atoms with Crippen LogP contribution in [-0.4, -0.2) is 23.7 Å². The molecular weight excluding hydrogens is 194 g/mol. The van der Waals surface area contributed by atoms with Crippen LogP contribution in [0.1, 0.15) is 13.8 Å². The van der Waals surface area contributed by atoms with Crippen LogP contribution in [0.4, 0.5) is 5.69 Å². The monoisotopic (exact) mass is 207 g/mol. The molecule has 1 aliphatic rings. The van der Waals surface area contributed by atoms with E-state index in [0.29, 0.717) is 18.0 Å². The van der Waals surface area contributed by atoms with E-state index >= 15 is 0 Å². The molecule has 0 fully saturated rings. The molecule has 1 heterocycles. The summed E-state index contributed by atoms with van der Waals surface area (Å²) in [6.45, 7) is 4.19. The van der Waals surface area contributed by atoms with Gasteiger partial charge in [0.05, 0.1) is 5.69 Å². The van der Waals surface area contributed by atoms with Crippen LogP contribution in [0.3, 0.4) is 0 Å². The molecule has 0 saturated heterocycles. The van der Waals surface area contributed by atoms with Crippen molar-refractivity contribution in [3.63, 3.8) is 0 Å². The number of carbonyl (C=O) groups is 1. The minimum absolute atomic E-state index is 0.0735. The third kappa shape index (κ3) is 1.52. The summed E-state index contributed by atoms with van der Waals surface area (Å²) >= 11 is 0. The average molecular weight is 207 g/mol. The SMILES string of the molecule is CCN1C(=O)C(C)Oc2ccc(O)cc21. The molecule has 1 atom stereocenters. The van der Waals surface area contributed by atoms with E-state index in [-0.39, 0.29) is 11.7 Å². The number of hydrogen-bond donors (Lipinski definition) is 1. The molecule has 1 N–H and O–H groups in total. The molecule has 4 heteroatoms. The van der Waals surface area contributed by atoms with Gasteiger partial charge in [0, 0.05) is 12.6 Å². The van der Waals surface area contributed by atoms with E-state index < -0.39 is 6.10 Å². The first kappa shape index (κ1) is 9.83. The second-order valence-electron chi connectivity index (χ2n) is 3.49. The lowest BCUT2D eigenvalue weighted by atomic mass is 10.2. The Labute approximate surface area is 88.1 Å². The summed E-state index contributed by atoms with van der Waals surface area (Å²) in [4.78, 5) is 13.4. The van der Waals surface area contributed by atoms with Crippen LogP contribution >= 0.6 is 0 Å². The number of aromatic hydroxyl groups is 1. The first-order valence-electron chi connectivity index (χ1n) is 4.94. The molecule has 0 aliphatic carbocycles. The summed E-state index contributed by atoms with van der Waals surface area (Å²) in [6, 6.07) is 4.77. The van der Waals surface area contributed by atoms with Crippen molar-refractivity contribution in [1.82, 2.24) is 0 Å². The van der Waals surface area contributed by atoms with Gasteiger partial charge in [-0.05, 0) is 26.0 Å². The van der Waals surface area contributed by atoms with E-state index in [1.807, 2.05) is 6.92 Å². The minimum Gasteiger partial charge on any atom is -0.508 e. The van der Waals surface area contributed by atoms with Gasteiger partial charge < -0.3 is 14.7 Å². The molecule has 0 radical (unpaired) electrons. The molecule has 2 rings (SSSR count). The molecule has 1 aromatic carbocycles. The second kappa shape index (κ2) is 3.46. The van der Waals surface area contributed by atoms with Gasteiger partial charge in [-0.25, -0.2) is 0 Å². The third-order valence-electron chi connectivity index (χ3n) is 2.47. The lowest BCUT2D eigenvalue weighted by Crippen LogP contribution is -2.44. The summed E-state index contributed by atoms with van der Waals surface area (Å²) in [5.74, 6) is 0.704. The average Bonchev–Trinajstić information content (AvgIpc) is 2.21. The maximum atomic E-state index is 11.7. The standard InChI is InChI=1S/C11H13NO3/c1-3-12-9-6-8(13)4-5-10(9)15-7(2)11(12)14/h4-7,13H,3H2,1-2H3. The van der Waals surface area contributed by atoms with Crippen molar-refractivity contribution in [2.24, 2.45) is 0 Å². The number of fused-ring (bicyclic) bond motifs is 1. The smallest absolute Gasteiger partial charge is 0.267 e. The van der Waals surface area contributed by atoms with E-state index in [1.165, 1.54) is 0 Å². The van der Waals surface area contributed by atoms with Gasteiger partial charge in [-0.15, -0.1) is 0 Å². The van der Waals surface area contributed by atoms with Crippen LogP contribution < -0.4 is 9.64 Å². The highest BCUT2D eigenvalue weighted by atomic mass is 16.5. The summed E-state index contributed by atoms with van der Waals surface area (Å²) in [5, 5.41) is 9.36. The van der Waals surface area contributed by atoms with Gasteiger partial charge >= 0.3 is 0 Å². The molecule has 1 aliphatic heterocycles. The Balaban J connectivity index is 2.51. The molecule has 0 spiro atoms. The molecule has 4 nitrogen and oxygen atoms in total. The zero-order valence-corrected chi connectivity index (χ0v) is 8.73. The van der Waals surface area contributed by atoms with Crippen molar-refractivity contribution in [2.75, 3.05) is 11.4 Å². The van der Waals surface area contributed by atoms with Gasteiger partial charge in [0.25, 0.3) is 5.91 Å². The van der Waals surface area contributed by atoms with Gasteiger partial charge in [-0.3, -0.25) is 4.79 Å². The number of benzene rings is 1. The summed E-state index contributed by atoms with van der Waals surface area (Å²) in [7, 11) is 0. The fourth-order valence-electron chi connectivity index (χ4n) is 1.72. The first-order valence-corrected chi connectivity index (χ1v) is 4.94. The van der Waals surface area contributed by atoms with Crippen LogP contribution in [0.25, 0.3) is 0 Å². The summed E-state index contributed by atoms with van der Waals surface area (Å²) < 4.78 is 5.43. The summed E-state index contributed by atoms with van der Waals surface area (Å²) in [6.07, 6.45) is -0.456. The van der Waals surface area contributed by atoms with Crippen LogP contribution in [0.5, 0.6) is 11.5 Å².